The van der Waals surface area contributed by atoms with Crippen LogP contribution in [0.1, 0.15) is 199 Å². The molecule has 0 radical (unpaired) electrons. The van der Waals surface area contributed by atoms with E-state index in [1.54, 1.807) is 0 Å². The van der Waals surface area contributed by atoms with Gasteiger partial charge in [0.25, 0.3) is 0 Å². The lowest BCUT2D eigenvalue weighted by molar-refractivity contribution is -0.277. The minimum Gasteiger partial charge on any atom is -0.463 e. The highest BCUT2D eigenvalue weighted by Crippen LogP contribution is 2.32. The molecule has 3 saturated heterocycles. The molecule has 0 bridgehead atoms. The van der Waals surface area contributed by atoms with Crippen LogP contribution in [-0.2, 0) is 157 Å². The number of nitrogens with two attached hydrogens (primary N) is 1. The number of carbonyl (C=O) groups is 18. The van der Waals surface area contributed by atoms with Gasteiger partial charge in [-0.1, -0.05) is 25.7 Å². The van der Waals surface area contributed by atoms with Crippen molar-refractivity contribution in [3.8, 4) is 0 Å². The largest absolute Gasteiger partial charge is 0.463 e. The van der Waals surface area contributed by atoms with Gasteiger partial charge >= 0.3 is 53.7 Å². The van der Waals surface area contributed by atoms with Gasteiger partial charge < -0.3 is 125 Å². The molecule has 44 heteroatoms. The molecule has 44 nitrogen and oxygen atoms in total. The van der Waals surface area contributed by atoms with Crippen molar-refractivity contribution in [1.29, 1.82) is 0 Å². The molecule has 3 aliphatic rings. The van der Waals surface area contributed by atoms with E-state index in [1.165, 1.54) is 25.7 Å². The van der Waals surface area contributed by atoms with Crippen molar-refractivity contribution < 1.29 is 157 Å². The van der Waals surface area contributed by atoms with Gasteiger partial charge in [0.2, 0.25) is 53.2 Å². The zero-order valence-corrected chi connectivity index (χ0v) is 72.6. The maximum Gasteiger partial charge on any atom is 0.303 e. The first-order valence-electron chi connectivity index (χ1n) is 41.5. The molecule has 0 aliphatic carbocycles. The van der Waals surface area contributed by atoms with Crippen LogP contribution >= 0.6 is 0 Å². The van der Waals surface area contributed by atoms with Crippen LogP contribution in [0.3, 0.4) is 0 Å². The van der Waals surface area contributed by atoms with Crippen LogP contribution in [0.15, 0.2) is 0 Å². The quantitative estimate of drug-likeness (QED) is 0.0185. The molecular formula is C79H129N11O33. The summed E-state index contributed by atoms with van der Waals surface area (Å²) in [6.45, 7) is 13.0. The Kier molecular flexibility index (Phi) is 52.2. The predicted octanol–water partition coefficient (Wildman–Crippen LogP) is -1.65. The number of unbranched alkanes of at least 4 members (excludes halogenated alkanes) is 7. The summed E-state index contributed by atoms with van der Waals surface area (Å²) in [5.41, 5.74) is 5.87. The second-order valence-corrected chi connectivity index (χ2v) is 29.5. The summed E-state index contributed by atoms with van der Waals surface area (Å²) in [4.78, 5) is 227. The van der Waals surface area contributed by atoms with E-state index >= 15 is 0 Å². The standard InChI is InChI=1S/C79H129N11O33/c1-46(91)87-67-73(118-55(10)100)70(115-52(7)97)59(43-112-49(4)94)121-77(67)109-38-21-13-16-28-62(103)81-32-24-35-84-65(106)41-90(42-66(107)85-36-25-33-82-63(104)29-17-14-22-39-110-78-68(88-47(2)92)74(119-56(11)101)71(116-53(8)98)60(122-78)44-113-50(5)95)58(27-19-20-31-80)76(108)86-37-26-34-83-64(105)30-18-15-23-40-111-79-69(89-48(3)93)75(120-57(12)102)72(117-54(9)99)61(123-79)45-114-51(6)96/h58-61,67-75,77-79H,13-45,80H2,1-12H3,(H,81,103)(H,82,104)(H,83,105)(H,84,106)(H,85,107)(H,86,108)(H,87,91)(H,88,92)(H,89,93). The molecule has 0 aromatic heterocycles. The van der Waals surface area contributed by atoms with Crippen molar-refractivity contribution in [2.75, 3.05) is 98.5 Å². The lowest BCUT2D eigenvalue weighted by Crippen LogP contribution is -2.66. The normalized spacial score (nSPS) is 22.3. The van der Waals surface area contributed by atoms with E-state index in [-0.39, 0.29) is 115 Å². The van der Waals surface area contributed by atoms with Gasteiger partial charge in [-0.25, -0.2) is 0 Å². The van der Waals surface area contributed by atoms with Gasteiger partial charge in [0, 0.05) is 161 Å². The number of amides is 9. The molecule has 16 atom stereocenters. The monoisotopic (exact) mass is 1760 g/mol. The lowest BCUT2D eigenvalue weighted by Gasteiger charge is -2.44. The minimum absolute atomic E-state index is 0.0430. The fourth-order valence-electron chi connectivity index (χ4n) is 13.3. The molecular weight excluding hydrogens is 1630 g/mol. The van der Waals surface area contributed by atoms with E-state index in [4.69, 9.17) is 76.8 Å². The molecule has 0 saturated carbocycles. The molecule has 16 unspecified atom stereocenters. The number of nitrogens with zero attached hydrogens (tertiary/aromatic N) is 1. The molecule has 0 aromatic carbocycles. The smallest absolute Gasteiger partial charge is 0.303 e. The molecule has 11 N–H and O–H groups in total. The van der Waals surface area contributed by atoms with E-state index < -0.39 is 220 Å². The third kappa shape index (κ3) is 45.4. The number of hydrogen-bond donors (Lipinski definition) is 10. The van der Waals surface area contributed by atoms with Crippen molar-refractivity contribution >= 4 is 107 Å². The van der Waals surface area contributed by atoms with Gasteiger partial charge in [-0.05, 0) is 77.2 Å². The summed E-state index contributed by atoms with van der Waals surface area (Å²) in [7, 11) is 0. The summed E-state index contributed by atoms with van der Waals surface area (Å²) in [5.74, 6) is -10.6. The number of nitrogens with one attached hydrogen (secondary N) is 9. The molecule has 698 valence electrons. The fraction of sp³-hybridized carbons (Fsp3) is 0.772. The predicted molar refractivity (Wildman–Crippen MR) is 425 cm³/mol. The maximum absolute atomic E-state index is 14.2. The number of esters is 9. The minimum atomic E-state index is -1.30. The van der Waals surface area contributed by atoms with E-state index in [2.05, 4.69) is 47.9 Å². The summed E-state index contributed by atoms with van der Waals surface area (Å²) in [6.07, 6.45) is -8.66. The van der Waals surface area contributed by atoms with Crippen molar-refractivity contribution in [2.45, 2.75) is 297 Å². The third-order valence-electron chi connectivity index (χ3n) is 18.5. The average Bonchev–Trinajstić information content (AvgIpc) is 0.856. The number of hydrogen-bond acceptors (Lipinski definition) is 35. The van der Waals surface area contributed by atoms with Crippen molar-refractivity contribution in [3.63, 3.8) is 0 Å². The molecule has 9 amide bonds. The average molecular weight is 1760 g/mol. The second-order valence-electron chi connectivity index (χ2n) is 29.5. The Morgan fingerprint density at radius 3 is 0.837 bits per heavy atom. The van der Waals surface area contributed by atoms with Gasteiger partial charge in [0.1, 0.15) is 56.3 Å². The Morgan fingerprint density at radius 2 is 0.577 bits per heavy atom. The van der Waals surface area contributed by atoms with E-state index in [0.29, 0.717) is 83.5 Å². The molecule has 3 heterocycles. The van der Waals surface area contributed by atoms with Gasteiger partial charge in [-0.2, -0.15) is 0 Å². The first-order chi connectivity index (χ1) is 58.4. The van der Waals surface area contributed by atoms with E-state index in [9.17, 15) is 86.3 Å². The molecule has 0 aromatic rings. The Labute approximate surface area is 715 Å². The highest BCUT2D eigenvalue weighted by atomic mass is 16.7. The van der Waals surface area contributed by atoms with E-state index in [0.717, 1.165) is 62.3 Å². The van der Waals surface area contributed by atoms with Gasteiger partial charge in [-0.15, -0.1) is 0 Å². The molecule has 3 fully saturated rings. The Bertz CT molecular complexity index is 3290. The highest BCUT2D eigenvalue weighted by Gasteiger charge is 2.54. The summed E-state index contributed by atoms with van der Waals surface area (Å²) in [6, 6.07) is -4.48. The highest BCUT2D eigenvalue weighted by molar-refractivity contribution is 5.86. The maximum atomic E-state index is 14.2. The first-order valence-corrected chi connectivity index (χ1v) is 41.5. The molecule has 3 aliphatic heterocycles. The zero-order chi connectivity index (χ0) is 91.5. The molecule has 123 heavy (non-hydrogen) atoms. The summed E-state index contributed by atoms with van der Waals surface area (Å²) in [5, 5.41) is 24.8. The Balaban J connectivity index is 1.61. The van der Waals surface area contributed by atoms with Crippen LogP contribution in [0.2, 0.25) is 0 Å². The summed E-state index contributed by atoms with van der Waals surface area (Å²) < 4.78 is 84.4. The van der Waals surface area contributed by atoms with E-state index in [1.807, 2.05) is 0 Å². The van der Waals surface area contributed by atoms with Gasteiger partial charge in [0.05, 0.1) is 19.1 Å². The van der Waals surface area contributed by atoms with Crippen LogP contribution in [0.5, 0.6) is 0 Å². The van der Waals surface area contributed by atoms with Crippen LogP contribution in [0.4, 0.5) is 0 Å². The van der Waals surface area contributed by atoms with Gasteiger partial charge in [0.15, 0.2) is 55.5 Å². The van der Waals surface area contributed by atoms with Crippen LogP contribution < -0.4 is 53.6 Å². The lowest BCUT2D eigenvalue weighted by atomic mass is 9.96. The Hall–Kier alpha value is -9.86. The third-order valence-corrected chi connectivity index (χ3v) is 18.5. The number of carbonyl (C=O) groups excluding carboxylic acids is 18. The molecule has 3 rings (SSSR count). The number of ether oxygens (including phenoxy) is 15. The van der Waals surface area contributed by atoms with Crippen LogP contribution in [0.25, 0.3) is 0 Å². The summed E-state index contributed by atoms with van der Waals surface area (Å²) >= 11 is 0. The first kappa shape index (κ1) is 107. The van der Waals surface area contributed by atoms with Gasteiger partial charge in [-0.3, -0.25) is 91.2 Å². The molecule has 0 spiro atoms. The zero-order valence-electron chi connectivity index (χ0n) is 72.6. The number of rotatable bonds is 58. The van der Waals surface area contributed by atoms with Crippen molar-refractivity contribution in [2.24, 2.45) is 5.73 Å². The topological polar surface area (TPSA) is 583 Å². The van der Waals surface area contributed by atoms with Crippen LogP contribution in [-0.4, -0.2) is 308 Å². The Morgan fingerprint density at radius 1 is 0.309 bits per heavy atom. The van der Waals surface area contributed by atoms with Crippen molar-refractivity contribution in [3.05, 3.63) is 0 Å². The second kappa shape index (κ2) is 59.8. The fourth-order valence-corrected chi connectivity index (χ4v) is 13.3. The van der Waals surface area contributed by atoms with Crippen LogP contribution in [0, 0.1) is 0 Å². The van der Waals surface area contributed by atoms with Crippen molar-refractivity contribution in [1.82, 2.24) is 52.8 Å². The SMILES string of the molecule is CC(=O)NC1C(OCCCCCC(=O)NCCCNC(=O)CN(CC(=O)NCCCNC(=O)CCCCCOC2OC(COC(C)=O)C(OC(C)=O)C(OC(C)=O)C2NC(C)=O)C(CCCCN)C(=O)NCCCNC(=O)CCCCCOC2OC(COC(C)=O)C(OC(C)=O)C(OC(C)=O)C2NC(C)=O)OC(COC(C)=O)C(OC(C)=O)C1OC(C)=O.